The number of hydrogen-bond donors (Lipinski definition) is 1. The molecule has 0 atom stereocenters. The van der Waals surface area contributed by atoms with E-state index < -0.39 is 0 Å². The van der Waals surface area contributed by atoms with Gasteiger partial charge in [-0.15, -0.1) is 0 Å². The summed E-state index contributed by atoms with van der Waals surface area (Å²) >= 11 is 0. The first kappa shape index (κ1) is 20.8. The molecule has 0 aliphatic carbocycles. The van der Waals surface area contributed by atoms with Gasteiger partial charge in [-0.05, 0) is 55.0 Å². The van der Waals surface area contributed by atoms with Crippen molar-refractivity contribution in [1.29, 1.82) is 0 Å². The van der Waals surface area contributed by atoms with E-state index in [-0.39, 0.29) is 5.91 Å². The minimum Gasteiger partial charge on any atom is -0.494 e. The van der Waals surface area contributed by atoms with Gasteiger partial charge in [0.1, 0.15) is 11.6 Å². The van der Waals surface area contributed by atoms with E-state index in [1.165, 1.54) is 5.56 Å². The summed E-state index contributed by atoms with van der Waals surface area (Å²) < 4.78 is 5.49. The topological polar surface area (TPSA) is 70.6 Å². The van der Waals surface area contributed by atoms with Gasteiger partial charge in [-0.1, -0.05) is 6.07 Å². The number of rotatable bonds is 7. The molecule has 1 N–H and O–H groups in total. The average molecular weight is 418 g/mol. The third-order valence-electron chi connectivity index (χ3n) is 5.25. The molecule has 3 aromatic rings. The Kier molecular flexibility index (Phi) is 6.74. The molecule has 1 fully saturated rings. The lowest BCUT2D eigenvalue weighted by atomic mass is 10.2. The molecule has 31 heavy (non-hydrogen) atoms. The third kappa shape index (κ3) is 5.38. The highest BCUT2D eigenvalue weighted by Crippen LogP contribution is 2.23. The largest absolute Gasteiger partial charge is 0.494 e. The van der Waals surface area contributed by atoms with Crippen molar-refractivity contribution >= 4 is 17.4 Å². The summed E-state index contributed by atoms with van der Waals surface area (Å²) in [6.45, 7) is 6.49. The maximum atomic E-state index is 13.2. The van der Waals surface area contributed by atoms with Crippen molar-refractivity contribution < 1.29 is 9.53 Å². The second kappa shape index (κ2) is 10.0. The van der Waals surface area contributed by atoms with Crippen LogP contribution in [0.1, 0.15) is 22.8 Å². The number of nitrogens with one attached hydrogen (secondary N) is 1. The number of pyridine rings is 2. The van der Waals surface area contributed by atoms with Crippen molar-refractivity contribution in [2.24, 2.45) is 0 Å². The van der Waals surface area contributed by atoms with Crippen LogP contribution in [0, 0.1) is 0 Å². The van der Waals surface area contributed by atoms with E-state index in [0.29, 0.717) is 31.1 Å². The average Bonchev–Trinajstić information content (AvgIpc) is 2.82. The van der Waals surface area contributed by atoms with Crippen molar-refractivity contribution in [2.45, 2.75) is 13.5 Å². The monoisotopic (exact) mass is 417 g/mol. The Morgan fingerprint density at radius 2 is 1.81 bits per heavy atom. The van der Waals surface area contributed by atoms with E-state index >= 15 is 0 Å². The Bertz CT molecular complexity index is 986. The number of anilines is 2. The summed E-state index contributed by atoms with van der Waals surface area (Å²) in [4.78, 5) is 26.1. The molecule has 1 amide bonds. The van der Waals surface area contributed by atoms with Crippen LogP contribution in [0.15, 0.2) is 67.1 Å². The molecule has 7 nitrogen and oxygen atoms in total. The molecule has 4 rings (SSSR count). The third-order valence-corrected chi connectivity index (χ3v) is 5.25. The first-order valence-corrected chi connectivity index (χ1v) is 10.6. The van der Waals surface area contributed by atoms with Gasteiger partial charge in [-0.2, -0.15) is 0 Å². The van der Waals surface area contributed by atoms with E-state index in [0.717, 1.165) is 31.1 Å². The maximum absolute atomic E-state index is 13.2. The summed E-state index contributed by atoms with van der Waals surface area (Å²) in [6.07, 6.45) is 5.37. The lowest BCUT2D eigenvalue weighted by Crippen LogP contribution is -2.48. The standard InChI is InChI=1S/C24H27N5O2/c1-2-31-21-9-7-20(8-10-21)27-23-22(6-4-12-26-23)24(30)29-15-13-28(14-16-29)18-19-5-3-11-25-17-19/h3-12,17H,2,13-16,18H2,1H3,(H,26,27). The molecule has 0 saturated carbocycles. The molecule has 1 aromatic carbocycles. The van der Waals surface area contributed by atoms with Gasteiger partial charge in [0.05, 0.1) is 12.2 Å². The first-order valence-electron chi connectivity index (χ1n) is 10.6. The SMILES string of the molecule is CCOc1ccc(Nc2ncccc2C(=O)N2CCN(Cc3cccnc3)CC2)cc1. The van der Waals surface area contributed by atoms with Gasteiger partial charge in [0.2, 0.25) is 0 Å². The molecule has 0 radical (unpaired) electrons. The molecule has 0 unspecified atom stereocenters. The zero-order chi connectivity index (χ0) is 21.5. The number of aromatic nitrogens is 2. The van der Waals surface area contributed by atoms with Gasteiger partial charge in [0.25, 0.3) is 5.91 Å². The first-order chi connectivity index (χ1) is 15.2. The van der Waals surface area contributed by atoms with Gasteiger partial charge in [0, 0.05) is 57.0 Å². The van der Waals surface area contributed by atoms with Crippen LogP contribution in [0.4, 0.5) is 11.5 Å². The zero-order valence-electron chi connectivity index (χ0n) is 17.7. The molecule has 7 heteroatoms. The molecule has 1 aliphatic heterocycles. The minimum atomic E-state index is 0.00237. The van der Waals surface area contributed by atoms with E-state index in [1.807, 2.05) is 54.4 Å². The van der Waals surface area contributed by atoms with Crippen LogP contribution in [-0.4, -0.2) is 58.5 Å². The number of amides is 1. The molecular weight excluding hydrogens is 390 g/mol. The van der Waals surface area contributed by atoms with Crippen molar-refractivity contribution in [3.05, 3.63) is 78.2 Å². The number of piperazine rings is 1. The summed E-state index contributed by atoms with van der Waals surface area (Å²) in [5.74, 6) is 1.38. The molecule has 0 bridgehead atoms. The molecule has 1 saturated heterocycles. The second-order valence-electron chi connectivity index (χ2n) is 7.41. The molecular formula is C24H27N5O2. The Morgan fingerprint density at radius 3 is 2.52 bits per heavy atom. The Hall–Kier alpha value is -3.45. The zero-order valence-corrected chi connectivity index (χ0v) is 17.7. The van der Waals surface area contributed by atoms with Gasteiger partial charge in [0.15, 0.2) is 0 Å². The quantitative estimate of drug-likeness (QED) is 0.634. The molecule has 160 valence electrons. The number of benzene rings is 1. The molecule has 3 heterocycles. The molecule has 0 spiro atoms. The summed E-state index contributed by atoms with van der Waals surface area (Å²) in [6, 6.07) is 15.3. The van der Waals surface area contributed by atoms with Crippen LogP contribution < -0.4 is 10.1 Å². The smallest absolute Gasteiger partial charge is 0.257 e. The fourth-order valence-electron chi connectivity index (χ4n) is 3.64. The number of ether oxygens (including phenoxy) is 1. The fourth-order valence-corrected chi connectivity index (χ4v) is 3.64. The fraction of sp³-hybridized carbons (Fsp3) is 0.292. The highest BCUT2D eigenvalue weighted by molar-refractivity contribution is 5.99. The van der Waals surface area contributed by atoms with Crippen molar-refractivity contribution in [3.63, 3.8) is 0 Å². The van der Waals surface area contributed by atoms with E-state index in [4.69, 9.17) is 4.74 Å². The van der Waals surface area contributed by atoms with Crippen molar-refractivity contribution in [2.75, 3.05) is 38.1 Å². The minimum absolute atomic E-state index is 0.00237. The Labute approximate surface area is 182 Å². The summed E-state index contributed by atoms with van der Waals surface area (Å²) in [5, 5.41) is 3.27. The van der Waals surface area contributed by atoms with E-state index in [9.17, 15) is 4.79 Å². The second-order valence-corrected chi connectivity index (χ2v) is 7.41. The number of carbonyl (C=O) groups excluding carboxylic acids is 1. The normalized spacial score (nSPS) is 14.3. The number of hydrogen-bond acceptors (Lipinski definition) is 6. The van der Waals surface area contributed by atoms with Gasteiger partial charge >= 0.3 is 0 Å². The predicted octanol–water partition coefficient (Wildman–Crippen LogP) is 3.58. The Morgan fingerprint density at radius 1 is 1.03 bits per heavy atom. The highest BCUT2D eigenvalue weighted by Gasteiger charge is 2.24. The molecule has 1 aliphatic rings. The van der Waals surface area contributed by atoms with Gasteiger partial charge in [-0.3, -0.25) is 14.7 Å². The maximum Gasteiger partial charge on any atom is 0.257 e. The summed E-state index contributed by atoms with van der Waals surface area (Å²) in [7, 11) is 0. The summed E-state index contributed by atoms with van der Waals surface area (Å²) in [5.41, 5.74) is 2.63. The van der Waals surface area contributed by atoms with Gasteiger partial charge < -0.3 is 15.0 Å². The van der Waals surface area contributed by atoms with E-state index in [2.05, 4.69) is 26.3 Å². The van der Waals surface area contributed by atoms with Crippen LogP contribution in [0.5, 0.6) is 5.75 Å². The van der Waals surface area contributed by atoms with E-state index in [1.54, 1.807) is 18.5 Å². The Balaban J connectivity index is 1.39. The van der Waals surface area contributed by atoms with Crippen LogP contribution >= 0.6 is 0 Å². The van der Waals surface area contributed by atoms with Crippen LogP contribution in [0.3, 0.4) is 0 Å². The number of nitrogens with zero attached hydrogens (tertiary/aromatic N) is 4. The highest BCUT2D eigenvalue weighted by atomic mass is 16.5. The van der Waals surface area contributed by atoms with Crippen LogP contribution in [0.2, 0.25) is 0 Å². The van der Waals surface area contributed by atoms with Crippen LogP contribution in [0.25, 0.3) is 0 Å². The molecule has 2 aromatic heterocycles. The lowest BCUT2D eigenvalue weighted by molar-refractivity contribution is 0.0629. The van der Waals surface area contributed by atoms with Crippen molar-refractivity contribution in [3.8, 4) is 5.75 Å². The van der Waals surface area contributed by atoms with Crippen molar-refractivity contribution in [1.82, 2.24) is 19.8 Å². The predicted molar refractivity (Wildman–Crippen MR) is 121 cm³/mol. The van der Waals surface area contributed by atoms with Crippen LogP contribution in [-0.2, 0) is 6.54 Å². The number of carbonyl (C=O) groups is 1. The lowest BCUT2D eigenvalue weighted by Gasteiger charge is -2.35. The van der Waals surface area contributed by atoms with Gasteiger partial charge in [-0.25, -0.2) is 4.98 Å².